The molecule has 1 atom stereocenters. The van der Waals surface area contributed by atoms with Crippen LogP contribution < -0.4 is 16.4 Å². The number of nitrogens with zero attached hydrogens (tertiary/aromatic N) is 3. The van der Waals surface area contributed by atoms with Crippen molar-refractivity contribution in [3.63, 3.8) is 0 Å². The van der Waals surface area contributed by atoms with Crippen LogP contribution in [-0.4, -0.2) is 78.1 Å². The number of piperidine rings is 1. The number of hydroxylamine groups is 2. The molecule has 2 aromatic rings. The van der Waals surface area contributed by atoms with Gasteiger partial charge in [-0.1, -0.05) is 31.2 Å². The van der Waals surface area contributed by atoms with Gasteiger partial charge in [-0.2, -0.15) is 0 Å². The van der Waals surface area contributed by atoms with Crippen LogP contribution >= 0.6 is 0 Å². The average molecular weight is 605 g/mol. The second kappa shape index (κ2) is 14.9. The minimum absolute atomic E-state index is 0.0619. The number of amides is 3. The van der Waals surface area contributed by atoms with Gasteiger partial charge >= 0.3 is 6.09 Å². The normalized spacial score (nSPS) is 16.5. The Bertz CT molecular complexity index is 1380. The Morgan fingerprint density at radius 3 is 2.64 bits per heavy atom. The summed E-state index contributed by atoms with van der Waals surface area (Å²) in [6, 6.07) is 15.5. The number of hydrogen-bond acceptors (Lipinski definition) is 8. The third kappa shape index (κ3) is 9.31. The average Bonchev–Trinajstić information content (AvgIpc) is 3.15. The maximum Gasteiger partial charge on any atom is 0.407 e. The van der Waals surface area contributed by atoms with E-state index in [4.69, 9.17) is 15.3 Å². The first kappa shape index (κ1) is 32.5. The summed E-state index contributed by atoms with van der Waals surface area (Å²) in [6.45, 7) is 9.20. The molecule has 2 aromatic carbocycles. The number of amidine groups is 1. The Morgan fingerprint density at radius 1 is 1.14 bits per heavy atom. The lowest BCUT2D eigenvalue weighted by molar-refractivity contribution is -0.181. The molecule has 2 aliphatic heterocycles. The van der Waals surface area contributed by atoms with Crippen LogP contribution in [0, 0.1) is 0 Å². The lowest BCUT2D eigenvalue weighted by Gasteiger charge is -2.34. The number of aliphatic imine (C=N–C) groups is 1. The number of alkyl carbamates (subject to hydrolysis) is 1. The summed E-state index contributed by atoms with van der Waals surface area (Å²) in [5.41, 5.74) is 8.86. The number of nitrogens with one attached hydrogen (secondary N) is 2. The summed E-state index contributed by atoms with van der Waals surface area (Å²) >= 11 is 0. The van der Waals surface area contributed by atoms with E-state index in [0.717, 1.165) is 18.5 Å². The van der Waals surface area contributed by atoms with Gasteiger partial charge in [0.2, 0.25) is 0 Å². The maximum atomic E-state index is 13.5. The molecular formula is C33H44N6O5. The molecule has 4 rings (SSSR count). The number of fused-ring (bicyclic) bond motifs is 1. The summed E-state index contributed by atoms with van der Waals surface area (Å²) in [4.78, 5) is 51.1. The molecule has 0 bridgehead atoms. The number of para-hydroxylation sites is 1. The molecule has 1 fully saturated rings. The van der Waals surface area contributed by atoms with Crippen molar-refractivity contribution >= 4 is 41.2 Å². The van der Waals surface area contributed by atoms with Crippen LogP contribution in [0.4, 0.5) is 16.2 Å². The first-order valence-electron chi connectivity index (χ1n) is 15.2. The topological polar surface area (TPSA) is 139 Å². The molecular weight excluding hydrogens is 560 g/mol. The van der Waals surface area contributed by atoms with Gasteiger partial charge in [0.25, 0.3) is 11.8 Å². The minimum atomic E-state index is -0.608. The van der Waals surface area contributed by atoms with E-state index in [1.807, 2.05) is 42.2 Å². The molecule has 0 spiro atoms. The van der Waals surface area contributed by atoms with Crippen LogP contribution in [0.3, 0.4) is 0 Å². The Balaban J connectivity index is 1.41. The quantitative estimate of drug-likeness (QED) is 0.260. The number of anilines is 1. The predicted octanol–water partition coefficient (Wildman–Crippen LogP) is 4.87. The Hall–Kier alpha value is -4.38. The van der Waals surface area contributed by atoms with Crippen LogP contribution in [0.1, 0.15) is 69.3 Å². The number of ether oxygens (including phenoxy) is 1. The predicted molar refractivity (Wildman–Crippen MR) is 172 cm³/mol. The van der Waals surface area contributed by atoms with Crippen LogP contribution in [0.5, 0.6) is 0 Å². The lowest BCUT2D eigenvalue weighted by atomic mass is 10.0. The number of nitrogens with two attached hydrogens (primary N) is 1. The summed E-state index contributed by atoms with van der Waals surface area (Å²) in [5, 5.41) is 7.44. The van der Waals surface area contributed by atoms with Gasteiger partial charge in [-0.3, -0.25) is 14.4 Å². The number of carbonyl (C=O) groups excluding carboxylic acids is 3. The monoisotopic (exact) mass is 604 g/mol. The fourth-order valence-electron chi connectivity index (χ4n) is 5.10. The summed E-state index contributed by atoms with van der Waals surface area (Å²) in [5.74, 6) is -0.130. The van der Waals surface area contributed by atoms with Crippen LogP contribution in [0.15, 0.2) is 59.1 Å². The molecule has 11 nitrogen and oxygen atoms in total. The highest BCUT2D eigenvalue weighted by Gasteiger charge is 2.26. The van der Waals surface area contributed by atoms with Gasteiger partial charge in [0.05, 0.1) is 12.3 Å². The second-order valence-corrected chi connectivity index (χ2v) is 12.0. The van der Waals surface area contributed by atoms with Gasteiger partial charge < -0.3 is 26.0 Å². The number of hydrogen-bond donors (Lipinski definition) is 3. The molecule has 2 aliphatic rings. The molecule has 0 radical (unpaired) electrons. The van der Waals surface area contributed by atoms with Crippen LogP contribution in [0.25, 0.3) is 6.08 Å². The maximum absolute atomic E-state index is 13.5. The third-order valence-electron chi connectivity index (χ3n) is 7.04. The summed E-state index contributed by atoms with van der Waals surface area (Å²) in [6.07, 6.45) is 3.90. The molecule has 0 aliphatic carbocycles. The number of benzene rings is 2. The van der Waals surface area contributed by atoms with Gasteiger partial charge in [0.15, 0.2) is 0 Å². The largest absolute Gasteiger partial charge is 0.444 e. The molecule has 44 heavy (non-hydrogen) atoms. The summed E-state index contributed by atoms with van der Waals surface area (Å²) < 4.78 is 5.23. The third-order valence-corrected chi connectivity index (χ3v) is 7.04. The van der Waals surface area contributed by atoms with Crippen molar-refractivity contribution in [1.82, 2.24) is 15.3 Å². The van der Waals surface area contributed by atoms with Crippen molar-refractivity contribution in [3.8, 4) is 0 Å². The van der Waals surface area contributed by atoms with Crippen molar-refractivity contribution < 1.29 is 24.0 Å². The van der Waals surface area contributed by atoms with E-state index in [2.05, 4.69) is 15.6 Å². The molecule has 4 N–H and O–H groups in total. The van der Waals surface area contributed by atoms with E-state index in [1.165, 1.54) is 5.06 Å². The van der Waals surface area contributed by atoms with E-state index in [9.17, 15) is 14.4 Å². The van der Waals surface area contributed by atoms with Crippen molar-refractivity contribution in [1.29, 1.82) is 0 Å². The van der Waals surface area contributed by atoms with Crippen molar-refractivity contribution in [2.45, 2.75) is 65.0 Å². The zero-order valence-electron chi connectivity index (χ0n) is 26.1. The number of carbonyl (C=O) groups is 3. The molecule has 236 valence electrons. The molecule has 3 amide bonds. The lowest BCUT2D eigenvalue weighted by Crippen LogP contribution is -2.45. The molecule has 0 aromatic heterocycles. The Labute approximate surface area is 259 Å². The smallest absolute Gasteiger partial charge is 0.407 e. The van der Waals surface area contributed by atoms with Gasteiger partial charge in [-0.05, 0) is 70.4 Å². The Kier molecular flexibility index (Phi) is 11.0. The fourth-order valence-corrected chi connectivity index (χ4v) is 5.10. The zero-order valence-corrected chi connectivity index (χ0v) is 26.1. The zero-order chi connectivity index (χ0) is 31.7. The molecule has 0 saturated carbocycles. The number of rotatable bonds is 10. The Morgan fingerprint density at radius 2 is 1.91 bits per heavy atom. The van der Waals surface area contributed by atoms with Crippen molar-refractivity contribution in [2.75, 3.05) is 38.1 Å². The van der Waals surface area contributed by atoms with E-state index in [1.54, 1.807) is 45.0 Å². The molecule has 0 unspecified atom stereocenters. The first-order valence-corrected chi connectivity index (χ1v) is 15.2. The SMILES string of the molecule is CCCN(OCCNC(=O)OC(C)(C)C)C(=O)C1=Cc2ccc(C(=O)N3CCC[C@H](Nc4ccccc4)C3)cc2N=C(N)C1. The van der Waals surface area contributed by atoms with Gasteiger partial charge in [-0.15, -0.1) is 0 Å². The van der Waals surface area contributed by atoms with Gasteiger partial charge in [-0.25, -0.2) is 14.9 Å². The van der Waals surface area contributed by atoms with Crippen LogP contribution in [-0.2, 0) is 14.4 Å². The van der Waals surface area contributed by atoms with Crippen LogP contribution in [0.2, 0.25) is 0 Å². The van der Waals surface area contributed by atoms with E-state index in [0.29, 0.717) is 48.4 Å². The van der Waals surface area contributed by atoms with E-state index in [-0.39, 0.29) is 43.3 Å². The van der Waals surface area contributed by atoms with Gasteiger partial charge in [0, 0.05) is 61.0 Å². The molecule has 1 saturated heterocycles. The highest BCUT2D eigenvalue weighted by molar-refractivity contribution is 6.05. The highest BCUT2D eigenvalue weighted by atomic mass is 16.7. The molecule has 11 heteroatoms. The highest BCUT2D eigenvalue weighted by Crippen LogP contribution is 2.29. The second-order valence-electron chi connectivity index (χ2n) is 12.0. The fraction of sp³-hybridized carbons (Fsp3) is 0.455. The minimum Gasteiger partial charge on any atom is -0.444 e. The van der Waals surface area contributed by atoms with Crippen molar-refractivity contribution in [2.24, 2.45) is 10.7 Å². The van der Waals surface area contributed by atoms with E-state index >= 15 is 0 Å². The van der Waals surface area contributed by atoms with Crippen molar-refractivity contribution in [3.05, 3.63) is 65.2 Å². The number of likely N-dealkylation sites (tertiary alicyclic amines) is 1. The molecule has 2 heterocycles. The van der Waals surface area contributed by atoms with E-state index < -0.39 is 11.7 Å². The van der Waals surface area contributed by atoms with Gasteiger partial charge in [0.1, 0.15) is 11.4 Å². The summed E-state index contributed by atoms with van der Waals surface area (Å²) in [7, 11) is 0. The standard InChI is InChI=1S/C33H44N6O5/c1-5-16-39(43-18-15-35-32(42)44-33(2,3)4)31(41)25-19-23-13-14-24(20-28(23)37-29(34)21-25)30(40)38-17-9-12-27(22-38)36-26-10-7-6-8-11-26/h6-8,10-11,13-14,19-20,27,36H,5,9,12,15-18,21-22H2,1-4H3,(H2,34,37)(H,35,42)/t27-/m0/s1. The first-order chi connectivity index (χ1) is 21.0.